The van der Waals surface area contributed by atoms with E-state index in [9.17, 15) is 0 Å². The zero-order valence-electron chi connectivity index (χ0n) is 7.21. The molecule has 1 fully saturated rings. The van der Waals surface area contributed by atoms with E-state index < -0.39 is 0 Å². The predicted octanol–water partition coefficient (Wildman–Crippen LogP) is -2.19. The zero-order valence-corrected chi connectivity index (χ0v) is 7.21. The van der Waals surface area contributed by atoms with Gasteiger partial charge in [-0.3, -0.25) is 0 Å². The Hall–Kier alpha value is 0.477. The SMILES string of the molecule is COCOCC1[CH-]OCC1.[Li+]. The molecule has 0 aromatic heterocycles. The fourth-order valence-corrected chi connectivity index (χ4v) is 0.897. The minimum atomic E-state index is 0. The monoisotopic (exact) mass is 152 g/mol. The van der Waals surface area contributed by atoms with Crippen LogP contribution < -0.4 is 18.9 Å². The van der Waals surface area contributed by atoms with E-state index in [0.717, 1.165) is 13.0 Å². The molecule has 0 aromatic carbocycles. The second kappa shape index (κ2) is 7.14. The zero-order chi connectivity index (χ0) is 7.23. The first-order valence-electron chi connectivity index (χ1n) is 3.45. The van der Waals surface area contributed by atoms with Gasteiger partial charge in [-0.1, -0.05) is 6.42 Å². The molecule has 0 amide bonds. The Morgan fingerprint density at radius 1 is 1.64 bits per heavy atom. The largest absolute Gasteiger partial charge is 1.00 e. The summed E-state index contributed by atoms with van der Waals surface area (Å²) in [6, 6.07) is 0. The van der Waals surface area contributed by atoms with Crippen molar-refractivity contribution in [2.45, 2.75) is 6.42 Å². The van der Waals surface area contributed by atoms with Crippen molar-refractivity contribution in [2.24, 2.45) is 5.92 Å². The maximum absolute atomic E-state index is 5.13. The molecular formula is C7H13LiO3. The Bertz CT molecular complexity index is 83.8. The van der Waals surface area contributed by atoms with Gasteiger partial charge in [-0.25, -0.2) is 6.61 Å². The van der Waals surface area contributed by atoms with E-state index in [2.05, 4.69) is 0 Å². The second-order valence-corrected chi connectivity index (χ2v) is 2.33. The van der Waals surface area contributed by atoms with Crippen LogP contribution >= 0.6 is 0 Å². The minimum absolute atomic E-state index is 0. The third-order valence-electron chi connectivity index (χ3n) is 1.43. The van der Waals surface area contributed by atoms with Crippen molar-refractivity contribution in [3.05, 3.63) is 6.61 Å². The summed E-state index contributed by atoms with van der Waals surface area (Å²) < 4.78 is 14.9. The summed E-state index contributed by atoms with van der Waals surface area (Å²) in [6.45, 7) is 3.77. The number of ether oxygens (including phenoxy) is 3. The van der Waals surface area contributed by atoms with Gasteiger partial charge < -0.3 is 14.2 Å². The van der Waals surface area contributed by atoms with Crippen molar-refractivity contribution in [3.8, 4) is 0 Å². The molecule has 1 aliphatic rings. The van der Waals surface area contributed by atoms with Crippen LogP contribution in [0.5, 0.6) is 0 Å². The molecule has 0 spiro atoms. The molecule has 0 saturated carbocycles. The smallest absolute Gasteiger partial charge is 0.552 e. The van der Waals surface area contributed by atoms with Gasteiger partial charge in [0, 0.05) is 20.3 Å². The van der Waals surface area contributed by atoms with E-state index in [1.54, 1.807) is 7.11 Å². The quantitative estimate of drug-likeness (QED) is 0.198. The molecule has 0 N–H and O–H groups in total. The molecule has 1 unspecified atom stereocenters. The number of methoxy groups -OCH3 is 1. The molecule has 60 valence electrons. The molecule has 1 rings (SSSR count). The summed E-state index contributed by atoms with van der Waals surface area (Å²) in [7, 11) is 1.62. The maximum Gasteiger partial charge on any atom is 1.00 e. The molecule has 3 nitrogen and oxygen atoms in total. The van der Waals surface area contributed by atoms with Crippen molar-refractivity contribution in [3.63, 3.8) is 0 Å². The third-order valence-corrected chi connectivity index (χ3v) is 1.43. The Balaban J connectivity index is 0.000001000. The van der Waals surface area contributed by atoms with Crippen LogP contribution in [0, 0.1) is 12.5 Å². The van der Waals surface area contributed by atoms with Crippen LogP contribution in [0.3, 0.4) is 0 Å². The van der Waals surface area contributed by atoms with Crippen LogP contribution in [0.25, 0.3) is 0 Å². The van der Waals surface area contributed by atoms with E-state index in [0.29, 0.717) is 19.3 Å². The molecule has 1 saturated heterocycles. The fraction of sp³-hybridized carbons (Fsp3) is 0.857. The number of hydrogen-bond donors (Lipinski definition) is 0. The van der Waals surface area contributed by atoms with Crippen molar-refractivity contribution in [2.75, 3.05) is 27.1 Å². The average molecular weight is 152 g/mol. The van der Waals surface area contributed by atoms with Crippen molar-refractivity contribution < 1.29 is 33.1 Å². The average Bonchev–Trinajstić information content (AvgIpc) is 2.41. The van der Waals surface area contributed by atoms with E-state index in [1.165, 1.54) is 0 Å². The standard InChI is InChI=1S/C7H13O3.Li/c1-8-6-10-5-7-2-3-9-4-7;/h4,7H,2-3,5-6H2,1H3;/q-1;+1. The molecule has 11 heavy (non-hydrogen) atoms. The van der Waals surface area contributed by atoms with Crippen LogP contribution in [0.15, 0.2) is 0 Å². The molecule has 0 aliphatic carbocycles. The Labute approximate surface area is 79.6 Å². The first kappa shape index (κ1) is 11.5. The van der Waals surface area contributed by atoms with Crippen molar-refractivity contribution in [1.82, 2.24) is 0 Å². The molecular weight excluding hydrogens is 139 g/mol. The van der Waals surface area contributed by atoms with Gasteiger partial charge in [-0.2, -0.15) is 0 Å². The van der Waals surface area contributed by atoms with Gasteiger partial charge in [0.05, 0.1) is 0 Å². The first-order valence-corrected chi connectivity index (χ1v) is 3.45. The van der Waals surface area contributed by atoms with Crippen LogP contribution in [0.2, 0.25) is 0 Å². The molecule has 4 heteroatoms. The van der Waals surface area contributed by atoms with Crippen molar-refractivity contribution >= 4 is 0 Å². The molecule has 1 atom stereocenters. The van der Waals surface area contributed by atoms with Gasteiger partial charge in [-0.15, -0.1) is 5.92 Å². The first-order chi connectivity index (χ1) is 4.93. The minimum Gasteiger partial charge on any atom is -0.552 e. The van der Waals surface area contributed by atoms with E-state index in [1.807, 2.05) is 6.61 Å². The topological polar surface area (TPSA) is 27.7 Å². The van der Waals surface area contributed by atoms with Gasteiger partial charge in [0.1, 0.15) is 6.79 Å². The molecule has 1 heterocycles. The fourth-order valence-electron chi connectivity index (χ4n) is 0.897. The van der Waals surface area contributed by atoms with Crippen molar-refractivity contribution in [1.29, 1.82) is 0 Å². The molecule has 0 bridgehead atoms. The summed E-state index contributed by atoms with van der Waals surface area (Å²) >= 11 is 0. The number of rotatable bonds is 4. The summed E-state index contributed by atoms with van der Waals surface area (Å²) in [5.41, 5.74) is 0. The summed E-state index contributed by atoms with van der Waals surface area (Å²) in [5.74, 6) is 0.468. The Morgan fingerprint density at radius 2 is 2.45 bits per heavy atom. The van der Waals surface area contributed by atoms with Gasteiger partial charge in [-0.05, 0) is 0 Å². The van der Waals surface area contributed by atoms with Crippen LogP contribution in [-0.4, -0.2) is 27.1 Å². The second-order valence-electron chi connectivity index (χ2n) is 2.33. The summed E-state index contributed by atoms with van der Waals surface area (Å²) in [4.78, 5) is 0. The summed E-state index contributed by atoms with van der Waals surface area (Å²) in [6.07, 6.45) is 1.07. The van der Waals surface area contributed by atoms with Gasteiger partial charge in [0.25, 0.3) is 0 Å². The van der Waals surface area contributed by atoms with Gasteiger partial charge in [0.15, 0.2) is 0 Å². The van der Waals surface area contributed by atoms with Crippen LogP contribution in [0.1, 0.15) is 6.42 Å². The third kappa shape index (κ3) is 4.84. The van der Waals surface area contributed by atoms with Gasteiger partial charge in [0.2, 0.25) is 0 Å². The Morgan fingerprint density at radius 3 is 3.00 bits per heavy atom. The van der Waals surface area contributed by atoms with Crippen LogP contribution in [-0.2, 0) is 14.2 Å². The Kier molecular flexibility index (Phi) is 7.45. The van der Waals surface area contributed by atoms with Gasteiger partial charge >= 0.3 is 18.9 Å². The van der Waals surface area contributed by atoms with Crippen LogP contribution in [0.4, 0.5) is 0 Å². The van der Waals surface area contributed by atoms with E-state index in [4.69, 9.17) is 14.2 Å². The van der Waals surface area contributed by atoms with E-state index >= 15 is 0 Å². The molecule has 0 aromatic rings. The maximum atomic E-state index is 5.13. The summed E-state index contributed by atoms with van der Waals surface area (Å²) in [5, 5.41) is 0. The normalized spacial score (nSPS) is 23.2. The number of hydrogen-bond acceptors (Lipinski definition) is 3. The predicted molar refractivity (Wildman–Crippen MR) is 36.2 cm³/mol. The molecule has 0 radical (unpaired) electrons. The van der Waals surface area contributed by atoms with E-state index in [-0.39, 0.29) is 18.9 Å². The molecule has 1 aliphatic heterocycles.